The van der Waals surface area contributed by atoms with Crippen LogP contribution in [0, 0.1) is 5.92 Å². The van der Waals surface area contributed by atoms with Crippen LogP contribution in [0.15, 0.2) is 23.6 Å². The van der Waals surface area contributed by atoms with Gasteiger partial charge in [0.25, 0.3) is 0 Å². The largest absolute Gasteiger partial charge is 0.469 e. The lowest BCUT2D eigenvalue weighted by Gasteiger charge is -2.31. The minimum atomic E-state index is -0.0965. The molecular formula is C10H12N2O2S. The summed E-state index contributed by atoms with van der Waals surface area (Å²) in [7, 11) is 1.43. The summed E-state index contributed by atoms with van der Waals surface area (Å²) in [5.41, 5.74) is 0. The van der Waals surface area contributed by atoms with Gasteiger partial charge in [-0.15, -0.1) is 0 Å². The van der Waals surface area contributed by atoms with Crippen LogP contribution in [0.2, 0.25) is 0 Å². The Bertz CT molecular complexity index is 339. The predicted molar refractivity (Wildman–Crippen MR) is 56.4 cm³/mol. The minimum absolute atomic E-state index is 0.0798. The molecular weight excluding hydrogens is 212 g/mol. The molecule has 5 heteroatoms. The summed E-state index contributed by atoms with van der Waals surface area (Å²) in [4.78, 5) is 19.4. The van der Waals surface area contributed by atoms with Crippen molar-refractivity contribution < 1.29 is 9.53 Å². The second-order valence-corrected chi connectivity index (χ2v) is 4.73. The van der Waals surface area contributed by atoms with E-state index in [0.717, 1.165) is 18.0 Å². The Morgan fingerprint density at radius 3 is 2.73 bits per heavy atom. The molecule has 0 N–H and O–H groups in total. The highest BCUT2D eigenvalue weighted by atomic mass is 32.2. The van der Waals surface area contributed by atoms with E-state index in [1.165, 1.54) is 7.11 Å². The number of nitrogens with zero attached hydrogens (tertiary/aromatic N) is 2. The molecule has 1 aliphatic carbocycles. The molecule has 0 spiro atoms. The van der Waals surface area contributed by atoms with Gasteiger partial charge in [0.1, 0.15) is 0 Å². The summed E-state index contributed by atoms with van der Waals surface area (Å²) in [6, 6.07) is 1.79. The molecule has 1 aromatic rings. The van der Waals surface area contributed by atoms with Crippen LogP contribution in [0.25, 0.3) is 0 Å². The van der Waals surface area contributed by atoms with Gasteiger partial charge >= 0.3 is 5.97 Å². The van der Waals surface area contributed by atoms with Crippen molar-refractivity contribution in [2.45, 2.75) is 23.2 Å². The van der Waals surface area contributed by atoms with Crippen molar-refractivity contribution in [3.8, 4) is 0 Å². The van der Waals surface area contributed by atoms with Crippen molar-refractivity contribution in [2.75, 3.05) is 7.11 Å². The van der Waals surface area contributed by atoms with E-state index in [1.54, 1.807) is 30.2 Å². The van der Waals surface area contributed by atoms with Gasteiger partial charge in [0.2, 0.25) is 0 Å². The van der Waals surface area contributed by atoms with Crippen LogP contribution in [0.4, 0.5) is 0 Å². The Balaban J connectivity index is 1.79. The Kier molecular flexibility index (Phi) is 3.20. The lowest BCUT2D eigenvalue weighted by molar-refractivity contribution is -0.148. The molecule has 15 heavy (non-hydrogen) atoms. The second kappa shape index (κ2) is 4.61. The fourth-order valence-corrected chi connectivity index (χ4v) is 2.71. The monoisotopic (exact) mass is 224 g/mol. The molecule has 2 rings (SSSR count). The van der Waals surface area contributed by atoms with Crippen LogP contribution in [0.5, 0.6) is 0 Å². The molecule has 1 heterocycles. The van der Waals surface area contributed by atoms with E-state index in [9.17, 15) is 4.79 Å². The number of esters is 1. The summed E-state index contributed by atoms with van der Waals surface area (Å²) >= 11 is 1.63. The molecule has 0 unspecified atom stereocenters. The lowest BCUT2D eigenvalue weighted by Crippen LogP contribution is -2.33. The van der Waals surface area contributed by atoms with Crippen LogP contribution in [0.3, 0.4) is 0 Å². The number of hydrogen-bond acceptors (Lipinski definition) is 5. The number of thioether (sulfide) groups is 1. The van der Waals surface area contributed by atoms with E-state index < -0.39 is 0 Å². The number of rotatable bonds is 3. The van der Waals surface area contributed by atoms with Crippen molar-refractivity contribution in [3.63, 3.8) is 0 Å². The summed E-state index contributed by atoms with van der Waals surface area (Å²) in [6.07, 6.45) is 5.20. The lowest BCUT2D eigenvalue weighted by atomic mass is 9.85. The molecule has 1 aromatic heterocycles. The van der Waals surface area contributed by atoms with Gasteiger partial charge in [-0.05, 0) is 18.9 Å². The maximum atomic E-state index is 11.1. The van der Waals surface area contributed by atoms with Crippen molar-refractivity contribution in [2.24, 2.45) is 5.92 Å². The molecule has 1 fully saturated rings. The number of hydrogen-bond donors (Lipinski definition) is 0. The minimum Gasteiger partial charge on any atom is -0.469 e. The average molecular weight is 224 g/mol. The van der Waals surface area contributed by atoms with Crippen molar-refractivity contribution in [1.82, 2.24) is 9.97 Å². The summed E-state index contributed by atoms with van der Waals surface area (Å²) < 4.78 is 4.67. The average Bonchev–Trinajstić information content (AvgIpc) is 2.23. The van der Waals surface area contributed by atoms with Gasteiger partial charge < -0.3 is 4.74 Å². The molecule has 0 saturated heterocycles. The van der Waals surface area contributed by atoms with Crippen LogP contribution in [-0.2, 0) is 9.53 Å². The number of methoxy groups -OCH3 is 1. The molecule has 0 aliphatic heterocycles. The molecule has 0 amide bonds. The number of ether oxygens (including phenoxy) is 1. The first kappa shape index (κ1) is 10.4. The summed E-state index contributed by atoms with van der Waals surface area (Å²) in [6.45, 7) is 0. The van der Waals surface area contributed by atoms with Gasteiger partial charge in [-0.1, -0.05) is 11.8 Å². The zero-order valence-electron chi connectivity index (χ0n) is 8.42. The molecule has 0 radical (unpaired) electrons. The van der Waals surface area contributed by atoms with E-state index >= 15 is 0 Å². The quantitative estimate of drug-likeness (QED) is 0.575. The Labute approximate surface area is 92.5 Å². The van der Waals surface area contributed by atoms with Gasteiger partial charge in [0.05, 0.1) is 13.0 Å². The van der Waals surface area contributed by atoms with Crippen molar-refractivity contribution in [1.29, 1.82) is 0 Å². The van der Waals surface area contributed by atoms with Gasteiger partial charge in [-0.3, -0.25) is 4.79 Å². The third-order valence-corrected chi connectivity index (χ3v) is 3.58. The fraction of sp³-hybridized carbons (Fsp3) is 0.500. The van der Waals surface area contributed by atoms with E-state index in [1.807, 2.05) is 0 Å². The smallest absolute Gasteiger partial charge is 0.308 e. The van der Waals surface area contributed by atoms with E-state index in [4.69, 9.17) is 0 Å². The van der Waals surface area contributed by atoms with E-state index in [0.29, 0.717) is 5.25 Å². The Hall–Kier alpha value is -1.10. The Morgan fingerprint density at radius 1 is 1.47 bits per heavy atom. The van der Waals surface area contributed by atoms with Crippen molar-refractivity contribution >= 4 is 17.7 Å². The standard InChI is InChI=1S/C10H12N2O2S/c1-14-9(13)7-5-8(6-7)15-10-11-3-2-4-12-10/h2-4,7-8H,5-6H2,1H3/t7-,8+. The zero-order valence-corrected chi connectivity index (χ0v) is 9.24. The molecule has 0 aromatic carbocycles. The van der Waals surface area contributed by atoms with Gasteiger partial charge in [-0.25, -0.2) is 9.97 Å². The highest BCUT2D eigenvalue weighted by molar-refractivity contribution is 7.99. The van der Waals surface area contributed by atoms with Crippen molar-refractivity contribution in [3.05, 3.63) is 18.5 Å². The van der Waals surface area contributed by atoms with E-state index in [2.05, 4.69) is 14.7 Å². The SMILES string of the molecule is COC(=O)[C@H]1C[C@@H](Sc2ncccn2)C1. The molecule has 80 valence electrons. The normalized spacial score (nSPS) is 24.3. The molecule has 1 aliphatic rings. The predicted octanol–water partition coefficient (Wildman–Crippen LogP) is 1.52. The van der Waals surface area contributed by atoms with Gasteiger partial charge in [0.15, 0.2) is 5.16 Å². The second-order valence-electron chi connectivity index (χ2n) is 3.46. The third kappa shape index (κ3) is 2.47. The topological polar surface area (TPSA) is 52.1 Å². The van der Waals surface area contributed by atoms with Crippen LogP contribution >= 0.6 is 11.8 Å². The van der Waals surface area contributed by atoms with E-state index in [-0.39, 0.29) is 11.9 Å². The number of carbonyl (C=O) groups excluding carboxylic acids is 1. The summed E-state index contributed by atoms with van der Waals surface area (Å²) in [5, 5.41) is 1.24. The van der Waals surface area contributed by atoms with Crippen LogP contribution in [-0.4, -0.2) is 28.3 Å². The first-order chi connectivity index (χ1) is 7.29. The van der Waals surface area contributed by atoms with Gasteiger partial charge in [0, 0.05) is 17.6 Å². The fourth-order valence-electron chi connectivity index (χ4n) is 1.52. The van der Waals surface area contributed by atoms with Gasteiger partial charge in [-0.2, -0.15) is 0 Å². The maximum absolute atomic E-state index is 11.1. The number of carbonyl (C=O) groups is 1. The summed E-state index contributed by atoms with van der Waals surface area (Å²) in [5.74, 6) is -0.0166. The molecule has 0 atom stereocenters. The molecule has 0 bridgehead atoms. The molecule has 1 saturated carbocycles. The van der Waals surface area contributed by atoms with Crippen LogP contribution in [0.1, 0.15) is 12.8 Å². The highest BCUT2D eigenvalue weighted by Crippen LogP contribution is 2.39. The first-order valence-corrected chi connectivity index (χ1v) is 5.69. The first-order valence-electron chi connectivity index (χ1n) is 4.81. The Morgan fingerprint density at radius 2 is 2.13 bits per heavy atom. The van der Waals surface area contributed by atoms with Crippen LogP contribution < -0.4 is 0 Å². The zero-order chi connectivity index (χ0) is 10.7. The number of aromatic nitrogens is 2. The third-order valence-electron chi connectivity index (χ3n) is 2.44. The highest BCUT2D eigenvalue weighted by Gasteiger charge is 2.36. The maximum Gasteiger partial charge on any atom is 0.308 e. The molecule has 4 nitrogen and oxygen atoms in total.